The van der Waals surface area contributed by atoms with Gasteiger partial charge in [0, 0.05) is 34.3 Å². The van der Waals surface area contributed by atoms with Crippen LogP contribution in [0.1, 0.15) is 38.8 Å². The molecule has 0 bridgehead atoms. The van der Waals surface area contributed by atoms with E-state index in [9.17, 15) is 0 Å². The van der Waals surface area contributed by atoms with E-state index in [2.05, 4.69) is 119 Å². The molecule has 1 aliphatic rings. The zero-order valence-electron chi connectivity index (χ0n) is 21.9. The third-order valence-electron chi connectivity index (χ3n) is 7.32. The molecule has 5 rings (SSSR count). The summed E-state index contributed by atoms with van der Waals surface area (Å²) in [5.74, 6) is 0. The van der Waals surface area contributed by atoms with Gasteiger partial charge in [0.05, 0.1) is 16.9 Å². The van der Waals surface area contributed by atoms with Crippen molar-refractivity contribution in [3.63, 3.8) is 0 Å². The summed E-state index contributed by atoms with van der Waals surface area (Å²) in [7, 11) is -0.406. The molecule has 0 saturated carbocycles. The second-order valence-corrected chi connectivity index (χ2v) is 10.6. The molecule has 5 heteroatoms. The Morgan fingerprint density at radius 1 is 0.611 bits per heavy atom. The van der Waals surface area contributed by atoms with Crippen molar-refractivity contribution in [1.82, 2.24) is 4.98 Å². The summed E-state index contributed by atoms with van der Waals surface area (Å²) in [5, 5.41) is 0. The number of aromatic nitrogens is 1. The Hall–Kier alpha value is -3.41. The van der Waals surface area contributed by atoms with E-state index in [-0.39, 0.29) is 11.2 Å². The van der Waals surface area contributed by atoms with Crippen molar-refractivity contribution in [2.45, 2.75) is 52.7 Å². The van der Waals surface area contributed by atoms with Gasteiger partial charge in [-0.25, -0.2) is 0 Å². The number of hydrogen-bond acceptors (Lipinski definition) is 4. The van der Waals surface area contributed by atoms with Gasteiger partial charge in [-0.15, -0.1) is 0 Å². The van der Waals surface area contributed by atoms with Crippen molar-refractivity contribution in [1.29, 1.82) is 0 Å². The van der Waals surface area contributed by atoms with Crippen molar-refractivity contribution in [3.05, 3.63) is 102 Å². The highest BCUT2D eigenvalue weighted by molar-refractivity contribution is 6.62. The number of pyridine rings is 1. The normalized spacial score (nSPS) is 16.2. The Labute approximate surface area is 215 Å². The molecular formula is C31H33BN2O2. The minimum Gasteiger partial charge on any atom is -0.399 e. The lowest BCUT2D eigenvalue weighted by atomic mass is 9.80. The van der Waals surface area contributed by atoms with E-state index in [1.54, 1.807) is 0 Å². The van der Waals surface area contributed by atoms with Crippen LogP contribution < -0.4 is 10.4 Å². The maximum atomic E-state index is 6.17. The smallest absolute Gasteiger partial charge is 0.399 e. The van der Waals surface area contributed by atoms with E-state index in [0.29, 0.717) is 0 Å². The highest BCUT2D eigenvalue weighted by Crippen LogP contribution is 2.37. The van der Waals surface area contributed by atoms with Gasteiger partial charge in [-0.05, 0) is 84.0 Å². The second-order valence-electron chi connectivity index (χ2n) is 10.6. The topological polar surface area (TPSA) is 34.6 Å². The highest BCUT2D eigenvalue weighted by atomic mass is 16.7. The lowest BCUT2D eigenvalue weighted by Gasteiger charge is -2.32. The Bertz CT molecular complexity index is 1270. The molecule has 0 aliphatic carbocycles. The lowest BCUT2D eigenvalue weighted by molar-refractivity contribution is 0.00578. The van der Waals surface area contributed by atoms with Crippen LogP contribution in [0.2, 0.25) is 0 Å². The second kappa shape index (κ2) is 9.23. The number of rotatable bonds is 5. The fraction of sp³-hybridized carbons (Fsp3) is 0.258. The van der Waals surface area contributed by atoms with Crippen LogP contribution in [0.4, 0.5) is 17.1 Å². The molecule has 1 aromatic heterocycles. The van der Waals surface area contributed by atoms with Crippen molar-refractivity contribution < 1.29 is 9.31 Å². The van der Waals surface area contributed by atoms with Crippen molar-refractivity contribution in [2.75, 3.05) is 4.90 Å². The lowest BCUT2D eigenvalue weighted by Crippen LogP contribution is -2.41. The van der Waals surface area contributed by atoms with Crippen molar-refractivity contribution in [2.24, 2.45) is 0 Å². The zero-order valence-corrected chi connectivity index (χ0v) is 21.9. The summed E-state index contributed by atoms with van der Waals surface area (Å²) in [6.45, 7) is 12.5. The minimum absolute atomic E-state index is 0.368. The van der Waals surface area contributed by atoms with E-state index in [1.807, 2.05) is 18.3 Å². The van der Waals surface area contributed by atoms with Crippen molar-refractivity contribution >= 4 is 29.6 Å². The van der Waals surface area contributed by atoms with Gasteiger partial charge in [-0.1, -0.05) is 53.6 Å². The molecule has 2 heterocycles. The van der Waals surface area contributed by atoms with E-state index in [1.165, 1.54) is 11.1 Å². The van der Waals surface area contributed by atoms with Gasteiger partial charge in [-0.2, -0.15) is 0 Å². The summed E-state index contributed by atoms with van der Waals surface area (Å²) in [6, 6.07) is 29.9. The summed E-state index contributed by atoms with van der Waals surface area (Å²) >= 11 is 0. The molecule has 36 heavy (non-hydrogen) atoms. The molecule has 1 aliphatic heterocycles. The standard InChI is InChI=1S/C31H33BN2O2/c1-22-7-14-26(15-8-22)34(27-16-9-23(2)10-17-27)28-18-11-24(12-19-28)29-20-13-25(21-33-29)32-35-30(3,4)31(5,6)36-32/h7-21H,1-6H3. The Morgan fingerprint density at radius 2 is 1.06 bits per heavy atom. The summed E-state index contributed by atoms with van der Waals surface area (Å²) < 4.78 is 12.3. The molecule has 4 aromatic rings. The summed E-state index contributed by atoms with van der Waals surface area (Å²) in [6.07, 6.45) is 1.86. The van der Waals surface area contributed by atoms with Crippen LogP contribution in [-0.4, -0.2) is 23.3 Å². The number of nitrogens with zero attached hydrogens (tertiary/aromatic N) is 2. The molecule has 0 N–H and O–H groups in total. The molecular weight excluding hydrogens is 443 g/mol. The van der Waals surface area contributed by atoms with Gasteiger partial charge < -0.3 is 14.2 Å². The van der Waals surface area contributed by atoms with Crippen molar-refractivity contribution in [3.8, 4) is 11.3 Å². The quantitative estimate of drug-likeness (QED) is 0.287. The predicted molar refractivity (Wildman–Crippen MR) is 150 cm³/mol. The maximum Gasteiger partial charge on any atom is 0.496 e. The van der Waals surface area contributed by atoms with E-state index in [4.69, 9.17) is 14.3 Å². The first-order valence-corrected chi connectivity index (χ1v) is 12.5. The number of hydrogen-bond donors (Lipinski definition) is 0. The molecule has 0 atom stereocenters. The van der Waals surface area contributed by atoms with Crippen LogP contribution in [0.25, 0.3) is 11.3 Å². The molecule has 1 saturated heterocycles. The molecule has 0 unspecified atom stereocenters. The van der Waals surface area contributed by atoms with Gasteiger partial charge in [0.15, 0.2) is 0 Å². The maximum absolute atomic E-state index is 6.17. The first-order chi connectivity index (χ1) is 17.1. The SMILES string of the molecule is Cc1ccc(N(c2ccc(C)cc2)c2ccc(-c3ccc(B4OC(C)(C)C(C)(C)O4)cn3)cc2)cc1. The first-order valence-electron chi connectivity index (χ1n) is 12.5. The fourth-order valence-electron chi connectivity index (χ4n) is 4.31. The molecule has 3 aromatic carbocycles. The number of anilines is 3. The average molecular weight is 476 g/mol. The van der Waals surface area contributed by atoms with Crippen LogP contribution >= 0.6 is 0 Å². The third-order valence-corrected chi connectivity index (χ3v) is 7.32. The number of benzene rings is 3. The summed E-state index contributed by atoms with van der Waals surface area (Å²) in [5.41, 5.74) is 8.01. The molecule has 182 valence electrons. The largest absolute Gasteiger partial charge is 0.496 e. The van der Waals surface area contributed by atoms with E-state index in [0.717, 1.165) is 33.8 Å². The van der Waals surface area contributed by atoms with Gasteiger partial charge in [0.1, 0.15) is 0 Å². The van der Waals surface area contributed by atoms with Crippen LogP contribution in [0.5, 0.6) is 0 Å². The first kappa shape index (κ1) is 24.3. The molecule has 0 amide bonds. The third kappa shape index (κ3) is 4.69. The fourth-order valence-corrected chi connectivity index (χ4v) is 4.31. The average Bonchev–Trinajstić information content (AvgIpc) is 3.09. The van der Waals surface area contributed by atoms with E-state index >= 15 is 0 Å². The molecule has 0 spiro atoms. The molecule has 0 radical (unpaired) electrons. The Morgan fingerprint density at radius 3 is 1.47 bits per heavy atom. The minimum atomic E-state index is -0.406. The monoisotopic (exact) mass is 476 g/mol. The summed E-state index contributed by atoms with van der Waals surface area (Å²) in [4.78, 5) is 7.00. The molecule has 4 nitrogen and oxygen atoms in total. The molecule has 1 fully saturated rings. The van der Waals surface area contributed by atoms with Gasteiger partial charge in [0.25, 0.3) is 0 Å². The number of aryl methyl sites for hydroxylation is 2. The van der Waals surface area contributed by atoms with Gasteiger partial charge in [0.2, 0.25) is 0 Å². The van der Waals surface area contributed by atoms with Gasteiger partial charge >= 0.3 is 7.12 Å². The van der Waals surface area contributed by atoms with Gasteiger partial charge in [-0.3, -0.25) is 4.98 Å². The Balaban J connectivity index is 1.41. The highest BCUT2D eigenvalue weighted by Gasteiger charge is 2.51. The van der Waals surface area contributed by atoms with Crippen LogP contribution in [0, 0.1) is 13.8 Å². The predicted octanol–water partition coefficient (Wildman–Crippen LogP) is 7.13. The Kier molecular flexibility index (Phi) is 6.23. The zero-order chi connectivity index (χ0) is 25.5. The van der Waals surface area contributed by atoms with E-state index < -0.39 is 7.12 Å². The van der Waals surface area contributed by atoms with Crippen LogP contribution in [0.3, 0.4) is 0 Å². The van der Waals surface area contributed by atoms with Crippen LogP contribution in [-0.2, 0) is 9.31 Å². The van der Waals surface area contributed by atoms with Crippen LogP contribution in [0.15, 0.2) is 91.1 Å².